The van der Waals surface area contributed by atoms with Crippen LogP contribution in [0.15, 0.2) is 243 Å². The summed E-state index contributed by atoms with van der Waals surface area (Å²) in [6.07, 6.45) is 0. The van der Waals surface area contributed by atoms with Crippen LogP contribution >= 0.6 is 0 Å². The van der Waals surface area contributed by atoms with Crippen molar-refractivity contribution in [2.24, 2.45) is 0 Å². The van der Waals surface area contributed by atoms with E-state index in [9.17, 15) is 0 Å². The molecule has 0 amide bonds. The van der Waals surface area contributed by atoms with Crippen molar-refractivity contribution >= 4 is 43.6 Å². The lowest BCUT2D eigenvalue weighted by molar-refractivity contribution is 1.18. The van der Waals surface area contributed by atoms with Gasteiger partial charge in [0.1, 0.15) is 0 Å². The molecule has 0 aliphatic rings. The molecule has 62 heavy (non-hydrogen) atoms. The Morgan fingerprint density at radius 1 is 0.226 bits per heavy atom. The fourth-order valence-corrected chi connectivity index (χ4v) is 9.66. The van der Waals surface area contributed by atoms with Crippen molar-refractivity contribution in [1.29, 1.82) is 0 Å². The number of para-hydroxylation sites is 2. The summed E-state index contributed by atoms with van der Waals surface area (Å²) < 4.78 is 4.91. The SMILES string of the molecule is c1ccc(-c2cc(-c3ccccc3)cc(-n3c4ccccc4c4cc(-c5ccc6c(c5)c5c(-c7ccccc7)cccc5n6-c5ccccc5-c5ccccc5)ccc43)c2)cc1. The summed E-state index contributed by atoms with van der Waals surface area (Å²) in [6.45, 7) is 0. The third kappa shape index (κ3) is 5.96. The van der Waals surface area contributed by atoms with Gasteiger partial charge in [-0.2, -0.15) is 0 Å². The zero-order chi connectivity index (χ0) is 41.0. The van der Waals surface area contributed by atoms with Gasteiger partial charge < -0.3 is 9.13 Å². The molecule has 0 spiro atoms. The van der Waals surface area contributed by atoms with Gasteiger partial charge in [0.25, 0.3) is 0 Å². The van der Waals surface area contributed by atoms with Gasteiger partial charge in [0.05, 0.1) is 27.8 Å². The highest BCUT2D eigenvalue weighted by Gasteiger charge is 2.20. The van der Waals surface area contributed by atoms with E-state index >= 15 is 0 Å². The summed E-state index contributed by atoms with van der Waals surface area (Å²) in [6, 6.07) is 88.4. The van der Waals surface area contributed by atoms with Gasteiger partial charge in [-0.15, -0.1) is 0 Å². The molecule has 0 bridgehead atoms. The lowest BCUT2D eigenvalue weighted by Crippen LogP contribution is -1.97. The Kier molecular flexibility index (Phi) is 8.53. The van der Waals surface area contributed by atoms with Gasteiger partial charge in [-0.1, -0.05) is 182 Å². The molecule has 2 heteroatoms. The van der Waals surface area contributed by atoms with Crippen LogP contribution in [0.2, 0.25) is 0 Å². The quantitative estimate of drug-likeness (QED) is 0.152. The molecule has 10 aromatic carbocycles. The standard InChI is InChI=1S/C60H40N2/c1-5-18-41(19-6-1)47-36-48(42-20-7-2-8-21-42)38-49(37-47)61-56-30-16-14-27-52(56)53-39-45(32-34-57(53)61)46-33-35-58-54(40-46)60-51(44-24-11-4-12-25-44)28-17-31-59(60)62(58)55-29-15-13-26-50(55)43-22-9-3-10-23-43/h1-40H. The van der Waals surface area contributed by atoms with Crippen LogP contribution in [-0.4, -0.2) is 9.13 Å². The first-order valence-electron chi connectivity index (χ1n) is 21.3. The van der Waals surface area contributed by atoms with Crippen molar-refractivity contribution < 1.29 is 0 Å². The molecule has 12 aromatic rings. The first-order chi connectivity index (χ1) is 30.8. The van der Waals surface area contributed by atoms with Crippen LogP contribution in [0.5, 0.6) is 0 Å². The number of hydrogen-bond donors (Lipinski definition) is 0. The van der Waals surface area contributed by atoms with Crippen molar-refractivity contribution in [3.63, 3.8) is 0 Å². The normalized spacial score (nSPS) is 11.5. The second-order valence-corrected chi connectivity index (χ2v) is 16.1. The van der Waals surface area contributed by atoms with E-state index in [4.69, 9.17) is 0 Å². The number of hydrogen-bond acceptors (Lipinski definition) is 0. The maximum absolute atomic E-state index is 2.47. The van der Waals surface area contributed by atoms with Crippen LogP contribution < -0.4 is 0 Å². The van der Waals surface area contributed by atoms with Crippen molar-refractivity contribution in [2.45, 2.75) is 0 Å². The smallest absolute Gasteiger partial charge is 0.0547 e. The molecular formula is C60H40N2. The fraction of sp³-hybridized carbons (Fsp3) is 0. The first-order valence-corrected chi connectivity index (χ1v) is 21.3. The second-order valence-electron chi connectivity index (χ2n) is 16.1. The topological polar surface area (TPSA) is 9.86 Å². The average molecular weight is 789 g/mol. The predicted octanol–water partition coefficient (Wildman–Crippen LogP) is 16.2. The lowest BCUT2D eigenvalue weighted by atomic mass is 9.97. The van der Waals surface area contributed by atoms with E-state index in [-0.39, 0.29) is 0 Å². The lowest BCUT2D eigenvalue weighted by Gasteiger charge is -2.14. The van der Waals surface area contributed by atoms with E-state index in [0.29, 0.717) is 0 Å². The van der Waals surface area contributed by atoms with Crippen molar-refractivity contribution in [3.05, 3.63) is 243 Å². The van der Waals surface area contributed by atoms with Gasteiger partial charge in [0.15, 0.2) is 0 Å². The second kappa shape index (κ2) is 14.8. The van der Waals surface area contributed by atoms with Gasteiger partial charge in [0.2, 0.25) is 0 Å². The highest BCUT2D eigenvalue weighted by atomic mass is 15.0. The monoisotopic (exact) mass is 788 g/mol. The van der Waals surface area contributed by atoms with E-state index in [1.54, 1.807) is 0 Å². The molecule has 0 atom stereocenters. The largest absolute Gasteiger partial charge is 0.309 e. The number of nitrogens with zero attached hydrogens (tertiary/aromatic N) is 2. The minimum atomic E-state index is 1.14. The zero-order valence-electron chi connectivity index (χ0n) is 34.0. The van der Waals surface area contributed by atoms with Gasteiger partial charge in [-0.05, 0) is 111 Å². The van der Waals surface area contributed by atoms with E-state index in [1.807, 2.05) is 0 Å². The maximum Gasteiger partial charge on any atom is 0.0547 e. The summed E-state index contributed by atoms with van der Waals surface area (Å²) in [5.41, 5.74) is 19.0. The van der Waals surface area contributed by atoms with Crippen LogP contribution in [0, 0.1) is 0 Å². The van der Waals surface area contributed by atoms with Crippen LogP contribution in [0.3, 0.4) is 0 Å². The number of fused-ring (bicyclic) bond motifs is 6. The van der Waals surface area contributed by atoms with Crippen LogP contribution in [-0.2, 0) is 0 Å². The van der Waals surface area contributed by atoms with E-state index in [0.717, 1.165) is 11.4 Å². The molecule has 2 aromatic heterocycles. The zero-order valence-corrected chi connectivity index (χ0v) is 34.0. The summed E-state index contributed by atoms with van der Waals surface area (Å²) in [7, 11) is 0. The van der Waals surface area contributed by atoms with E-state index in [2.05, 4.69) is 252 Å². The molecule has 12 rings (SSSR count). The van der Waals surface area contributed by atoms with Crippen LogP contribution in [0.1, 0.15) is 0 Å². The Balaban J connectivity index is 1.07. The summed E-state index contributed by atoms with van der Waals surface area (Å²) in [5, 5.41) is 4.95. The minimum absolute atomic E-state index is 1.14. The molecule has 0 N–H and O–H groups in total. The summed E-state index contributed by atoms with van der Waals surface area (Å²) >= 11 is 0. The minimum Gasteiger partial charge on any atom is -0.309 e. The molecule has 0 saturated heterocycles. The molecule has 290 valence electrons. The number of aromatic nitrogens is 2. The highest BCUT2D eigenvalue weighted by molar-refractivity contribution is 6.17. The average Bonchev–Trinajstić information content (AvgIpc) is 3.87. The molecule has 2 heterocycles. The third-order valence-electron chi connectivity index (χ3n) is 12.5. The molecule has 0 radical (unpaired) electrons. The van der Waals surface area contributed by atoms with Crippen molar-refractivity contribution in [1.82, 2.24) is 9.13 Å². The predicted molar refractivity (Wildman–Crippen MR) is 262 cm³/mol. The Bertz CT molecular complexity index is 3540. The maximum atomic E-state index is 2.47. The molecule has 0 aliphatic carbocycles. The van der Waals surface area contributed by atoms with Gasteiger partial charge in [-0.25, -0.2) is 0 Å². The summed E-state index contributed by atoms with van der Waals surface area (Å²) in [5.74, 6) is 0. The molecule has 2 nitrogen and oxygen atoms in total. The van der Waals surface area contributed by atoms with Crippen LogP contribution in [0.25, 0.3) is 111 Å². The van der Waals surface area contributed by atoms with Gasteiger partial charge >= 0.3 is 0 Å². The van der Waals surface area contributed by atoms with Crippen molar-refractivity contribution in [2.75, 3.05) is 0 Å². The summed E-state index contributed by atoms with van der Waals surface area (Å²) in [4.78, 5) is 0. The van der Waals surface area contributed by atoms with Gasteiger partial charge in [-0.3, -0.25) is 0 Å². The Labute approximate surface area is 360 Å². The Morgan fingerprint density at radius 2 is 0.694 bits per heavy atom. The Morgan fingerprint density at radius 3 is 1.34 bits per heavy atom. The fourth-order valence-electron chi connectivity index (χ4n) is 9.66. The first kappa shape index (κ1) is 35.7. The third-order valence-corrected chi connectivity index (χ3v) is 12.5. The number of benzene rings is 10. The molecule has 0 aliphatic heterocycles. The highest BCUT2D eigenvalue weighted by Crippen LogP contribution is 2.43. The van der Waals surface area contributed by atoms with Gasteiger partial charge in [0, 0.05) is 32.8 Å². The molecular weight excluding hydrogens is 749 g/mol. The van der Waals surface area contributed by atoms with E-state index in [1.165, 1.54) is 99.2 Å². The van der Waals surface area contributed by atoms with Crippen LogP contribution in [0.4, 0.5) is 0 Å². The van der Waals surface area contributed by atoms with E-state index < -0.39 is 0 Å². The number of rotatable bonds is 7. The Hall–Kier alpha value is -8.20. The molecule has 0 unspecified atom stereocenters. The molecule has 0 fully saturated rings. The van der Waals surface area contributed by atoms with Crippen molar-refractivity contribution in [3.8, 4) is 67.0 Å². The molecule has 0 saturated carbocycles.